The van der Waals surface area contributed by atoms with Crippen molar-refractivity contribution in [1.82, 2.24) is 24.9 Å². The maximum Gasteiger partial charge on any atom is 0.291 e. The van der Waals surface area contributed by atoms with E-state index >= 15 is 0 Å². The number of benzene rings is 1. The molecular weight excluding hydrogens is 374 g/mol. The molecule has 3 aromatic rings. The summed E-state index contributed by atoms with van der Waals surface area (Å²) in [5, 5.41) is 3.87. The third-order valence-electron chi connectivity index (χ3n) is 5.00. The first kappa shape index (κ1) is 18.9. The highest BCUT2D eigenvalue weighted by Crippen LogP contribution is 2.28. The Hall–Kier alpha value is -3.49. The second kappa shape index (κ2) is 7.86. The molecule has 0 bridgehead atoms. The van der Waals surface area contributed by atoms with Gasteiger partial charge in [-0.2, -0.15) is 4.98 Å². The van der Waals surface area contributed by atoms with E-state index in [0.717, 1.165) is 0 Å². The highest BCUT2D eigenvalue weighted by molar-refractivity contribution is 5.95. The first-order valence-corrected chi connectivity index (χ1v) is 9.40. The van der Waals surface area contributed by atoms with Crippen molar-refractivity contribution in [3.63, 3.8) is 0 Å². The number of aryl methyl sites for hydroxylation is 2. The monoisotopic (exact) mass is 395 g/mol. The molecule has 9 nitrogen and oxygen atoms in total. The first-order chi connectivity index (χ1) is 14.0. The number of carbonyl (C=O) groups is 2. The van der Waals surface area contributed by atoms with Gasteiger partial charge in [-0.1, -0.05) is 23.4 Å². The van der Waals surface area contributed by atoms with Crippen LogP contribution in [0.25, 0.3) is 0 Å². The number of hydrogen-bond acceptors (Lipinski definition) is 7. The Morgan fingerprint density at radius 2 is 1.86 bits per heavy atom. The molecule has 4 rings (SSSR count). The average molecular weight is 395 g/mol. The van der Waals surface area contributed by atoms with Crippen molar-refractivity contribution >= 4 is 11.8 Å². The van der Waals surface area contributed by atoms with Gasteiger partial charge >= 0.3 is 0 Å². The molecule has 1 saturated heterocycles. The summed E-state index contributed by atoms with van der Waals surface area (Å²) >= 11 is 0. The summed E-state index contributed by atoms with van der Waals surface area (Å²) in [6, 6.07) is 8.61. The zero-order chi connectivity index (χ0) is 20.4. The molecule has 1 aromatic carbocycles. The van der Waals surface area contributed by atoms with Crippen LogP contribution in [0.2, 0.25) is 0 Å². The predicted molar refractivity (Wildman–Crippen MR) is 101 cm³/mol. The molecule has 0 N–H and O–H groups in total. The molecule has 1 aliphatic heterocycles. The van der Waals surface area contributed by atoms with Gasteiger partial charge in [-0.15, -0.1) is 0 Å². The molecule has 9 heteroatoms. The van der Waals surface area contributed by atoms with Crippen molar-refractivity contribution in [2.45, 2.75) is 26.3 Å². The number of hydrogen-bond donors (Lipinski definition) is 0. The summed E-state index contributed by atoms with van der Waals surface area (Å²) in [6.45, 7) is 4.57. The van der Waals surface area contributed by atoms with Gasteiger partial charge in [0.2, 0.25) is 11.7 Å². The highest BCUT2D eigenvalue weighted by Gasteiger charge is 2.35. The topological polar surface area (TPSA) is 106 Å². The Morgan fingerprint density at radius 1 is 1.07 bits per heavy atom. The van der Waals surface area contributed by atoms with E-state index in [1.165, 1.54) is 6.39 Å². The zero-order valence-corrected chi connectivity index (χ0v) is 16.2. The molecular formula is C20H21N5O4. The average Bonchev–Trinajstić information content (AvgIpc) is 3.29. The predicted octanol–water partition coefficient (Wildman–Crippen LogP) is 2.40. The zero-order valence-electron chi connectivity index (χ0n) is 16.2. The number of oxazole rings is 1. The molecule has 0 aliphatic carbocycles. The van der Waals surface area contributed by atoms with Gasteiger partial charge in [-0.25, -0.2) is 4.98 Å². The second-order valence-corrected chi connectivity index (χ2v) is 6.91. The molecule has 2 aromatic heterocycles. The van der Waals surface area contributed by atoms with E-state index in [1.807, 2.05) is 18.2 Å². The van der Waals surface area contributed by atoms with Crippen LogP contribution in [0.5, 0.6) is 0 Å². The van der Waals surface area contributed by atoms with Crippen molar-refractivity contribution in [2.75, 3.05) is 19.6 Å². The molecule has 1 unspecified atom stereocenters. The molecule has 150 valence electrons. The van der Waals surface area contributed by atoms with E-state index in [-0.39, 0.29) is 17.6 Å². The number of amides is 2. The van der Waals surface area contributed by atoms with Crippen LogP contribution in [0.15, 0.2) is 45.7 Å². The maximum atomic E-state index is 13.2. The molecule has 0 spiro atoms. The standard InChI is InChI=1S/C20H21N5O4/c1-13-17(28-12-21-13)20(27)24-9-8-16(18-22-14(2)23-29-18)25(11-10-24)19(26)15-6-4-3-5-7-15/h3-7,12,16H,8-11H2,1-2H3. The lowest BCUT2D eigenvalue weighted by atomic mass is 10.1. The SMILES string of the molecule is Cc1noc(C2CCN(C(=O)c3ocnc3C)CCN2C(=O)c2ccccc2)n1. The summed E-state index contributed by atoms with van der Waals surface area (Å²) in [5.41, 5.74) is 1.11. The van der Waals surface area contributed by atoms with E-state index < -0.39 is 6.04 Å². The van der Waals surface area contributed by atoms with Gasteiger partial charge in [0.25, 0.3) is 11.8 Å². The highest BCUT2D eigenvalue weighted by atomic mass is 16.5. The van der Waals surface area contributed by atoms with E-state index in [0.29, 0.717) is 49.0 Å². The van der Waals surface area contributed by atoms with Crippen LogP contribution in [-0.4, -0.2) is 56.4 Å². The molecule has 0 radical (unpaired) electrons. The fourth-order valence-electron chi connectivity index (χ4n) is 3.48. The van der Waals surface area contributed by atoms with E-state index in [9.17, 15) is 9.59 Å². The second-order valence-electron chi connectivity index (χ2n) is 6.91. The van der Waals surface area contributed by atoms with Crippen LogP contribution in [0.3, 0.4) is 0 Å². The van der Waals surface area contributed by atoms with Crippen molar-refractivity contribution in [3.8, 4) is 0 Å². The lowest BCUT2D eigenvalue weighted by Gasteiger charge is -2.27. The molecule has 1 aliphatic rings. The van der Waals surface area contributed by atoms with Gasteiger partial charge in [-0.3, -0.25) is 9.59 Å². The summed E-state index contributed by atoms with van der Waals surface area (Å²) < 4.78 is 10.6. The number of nitrogens with zero attached hydrogens (tertiary/aromatic N) is 5. The van der Waals surface area contributed by atoms with Crippen LogP contribution in [0, 0.1) is 13.8 Å². The minimum Gasteiger partial charge on any atom is -0.438 e. The maximum absolute atomic E-state index is 13.2. The third-order valence-corrected chi connectivity index (χ3v) is 5.00. The minimum absolute atomic E-state index is 0.142. The Kier molecular flexibility index (Phi) is 5.11. The molecule has 1 atom stereocenters. The van der Waals surface area contributed by atoms with Crippen LogP contribution < -0.4 is 0 Å². The molecule has 3 heterocycles. The summed E-state index contributed by atoms with van der Waals surface area (Å²) in [7, 11) is 0. The summed E-state index contributed by atoms with van der Waals surface area (Å²) in [4.78, 5) is 37.8. The van der Waals surface area contributed by atoms with Gasteiger partial charge in [0, 0.05) is 25.2 Å². The van der Waals surface area contributed by atoms with Gasteiger partial charge in [0.1, 0.15) is 6.04 Å². The van der Waals surface area contributed by atoms with Gasteiger partial charge in [0.15, 0.2) is 12.2 Å². The van der Waals surface area contributed by atoms with Crippen molar-refractivity contribution in [2.24, 2.45) is 0 Å². The van der Waals surface area contributed by atoms with Crippen molar-refractivity contribution in [3.05, 3.63) is 65.5 Å². The van der Waals surface area contributed by atoms with Crippen molar-refractivity contribution < 1.29 is 18.5 Å². The van der Waals surface area contributed by atoms with Gasteiger partial charge in [-0.05, 0) is 32.4 Å². The molecule has 2 amide bonds. The van der Waals surface area contributed by atoms with Crippen molar-refractivity contribution in [1.29, 1.82) is 0 Å². The van der Waals surface area contributed by atoms with E-state index in [1.54, 1.807) is 35.8 Å². The molecule has 1 fully saturated rings. The normalized spacial score (nSPS) is 17.2. The Bertz CT molecular complexity index is 1010. The third kappa shape index (κ3) is 3.75. The Morgan fingerprint density at radius 3 is 2.52 bits per heavy atom. The number of rotatable bonds is 3. The van der Waals surface area contributed by atoms with Gasteiger partial charge < -0.3 is 18.7 Å². The van der Waals surface area contributed by atoms with E-state index in [2.05, 4.69) is 15.1 Å². The number of carbonyl (C=O) groups excluding carboxylic acids is 2. The molecule has 29 heavy (non-hydrogen) atoms. The quantitative estimate of drug-likeness (QED) is 0.670. The smallest absolute Gasteiger partial charge is 0.291 e. The van der Waals surface area contributed by atoms with Crippen LogP contribution in [0.4, 0.5) is 0 Å². The molecule has 0 saturated carbocycles. The van der Waals surface area contributed by atoms with Crippen LogP contribution in [0.1, 0.15) is 50.8 Å². The van der Waals surface area contributed by atoms with Crippen LogP contribution in [-0.2, 0) is 0 Å². The summed E-state index contributed by atoms with van der Waals surface area (Å²) in [5.74, 6) is 0.711. The lowest BCUT2D eigenvalue weighted by Crippen LogP contribution is -2.38. The lowest BCUT2D eigenvalue weighted by molar-refractivity contribution is 0.0638. The Balaban J connectivity index is 1.62. The fraction of sp³-hybridized carbons (Fsp3) is 0.350. The summed E-state index contributed by atoms with van der Waals surface area (Å²) in [6.07, 6.45) is 1.73. The van der Waals surface area contributed by atoms with Crippen LogP contribution >= 0.6 is 0 Å². The van der Waals surface area contributed by atoms with Gasteiger partial charge in [0.05, 0.1) is 5.69 Å². The first-order valence-electron chi connectivity index (χ1n) is 9.40. The largest absolute Gasteiger partial charge is 0.438 e. The minimum atomic E-state index is -0.419. The number of aromatic nitrogens is 3. The fourth-order valence-corrected chi connectivity index (χ4v) is 3.48. The van der Waals surface area contributed by atoms with E-state index in [4.69, 9.17) is 8.94 Å². The Labute approximate surface area is 167 Å².